The predicted octanol–water partition coefficient (Wildman–Crippen LogP) is 3.25. The van der Waals surface area contributed by atoms with E-state index in [0.717, 1.165) is 64.9 Å². The number of rotatable bonds is 11. The van der Waals surface area contributed by atoms with Crippen molar-refractivity contribution in [1.82, 2.24) is 15.5 Å². The molecule has 7 heteroatoms. The summed E-state index contributed by atoms with van der Waals surface area (Å²) >= 11 is 0. The molecule has 29 heavy (non-hydrogen) atoms. The van der Waals surface area contributed by atoms with E-state index in [-0.39, 0.29) is 24.0 Å². The van der Waals surface area contributed by atoms with Crippen LogP contribution in [0.2, 0.25) is 0 Å². The van der Waals surface area contributed by atoms with E-state index < -0.39 is 0 Å². The highest BCUT2D eigenvalue weighted by molar-refractivity contribution is 14.0. The fraction of sp³-hybridized carbons (Fsp3) is 0.682. The third-order valence-electron chi connectivity index (χ3n) is 4.68. The quantitative estimate of drug-likeness (QED) is 0.204. The van der Waals surface area contributed by atoms with Gasteiger partial charge in [-0.05, 0) is 30.4 Å². The van der Waals surface area contributed by atoms with Crippen LogP contribution in [-0.4, -0.2) is 63.5 Å². The summed E-state index contributed by atoms with van der Waals surface area (Å²) in [6.07, 6.45) is 1.11. The van der Waals surface area contributed by atoms with Gasteiger partial charge >= 0.3 is 0 Å². The lowest BCUT2D eigenvalue weighted by Crippen LogP contribution is -2.39. The summed E-state index contributed by atoms with van der Waals surface area (Å²) in [5.74, 6) is 1.53. The Hall–Kier alpha value is -0.900. The van der Waals surface area contributed by atoms with E-state index in [1.54, 1.807) is 0 Å². The van der Waals surface area contributed by atoms with Crippen molar-refractivity contribution in [3.8, 4) is 0 Å². The number of guanidine groups is 1. The first kappa shape index (κ1) is 26.1. The van der Waals surface area contributed by atoms with Crippen molar-refractivity contribution in [1.29, 1.82) is 0 Å². The van der Waals surface area contributed by atoms with Gasteiger partial charge in [0, 0.05) is 39.3 Å². The van der Waals surface area contributed by atoms with Crippen molar-refractivity contribution in [3.05, 3.63) is 35.4 Å². The van der Waals surface area contributed by atoms with Crippen LogP contribution in [0.3, 0.4) is 0 Å². The highest BCUT2D eigenvalue weighted by Gasteiger charge is 2.10. The van der Waals surface area contributed by atoms with E-state index in [1.807, 2.05) is 0 Å². The first-order valence-electron chi connectivity index (χ1n) is 10.6. The van der Waals surface area contributed by atoms with Gasteiger partial charge in [0.15, 0.2) is 5.96 Å². The van der Waals surface area contributed by atoms with Crippen molar-refractivity contribution in [3.63, 3.8) is 0 Å². The maximum Gasteiger partial charge on any atom is 0.191 e. The molecule has 0 bridgehead atoms. The zero-order chi connectivity index (χ0) is 20.0. The average molecular weight is 518 g/mol. The van der Waals surface area contributed by atoms with Crippen LogP contribution in [0.1, 0.15) is 38.3 Å². The highest BCUT2D eigenvalue weighted by Crippen LogP contribution is 2.10. The summed E-state index contributed by atoms with van der Waals surface area (Å²) in [5.41, 5.74) is 2.56. The van der Waals surface area contributed by atoms with Gasteiger partial charge in [-0.2, -0.15) is 0 Å². The standard InChI is InChI=1S/C22H38N4O2.HI/c1-4-23-22(24-10-14-27-13-9-19(2)3)25-17-20-5-7-21(8-6-20)18-26-11-15-28-16-12-26;/h5-8,19H,4,9-18H2,1-3H3,(H2,23,24,25);1H. The number of nitrogens with one attached hydrogen (secondary N) is 2. The first-order chi connectivity index (χ1) is 13.7. The molecule has 1 heterocycles. The summed E-state index contributed by atoms with van der Waals surface area (Å²) in [6, 6.07) is 8.78. The summed E-state index contributed by atoms with van der Waals surface area (Å²) < 4.78 is 11.1. The Kier molecular flexibility index (Phi) is 14.3. The van der Waals surface area contributed by atoms with Crippen molar-refractivity contribution >= 4 is 29.9 Å². The SMILES string of the molecule is CCNC(=NCc1ccc(CN2CCOCC2)cc1)NCCOCCC(C)C.I. The minimum atomic E-state index is 0. The van der Waals surface area contributed by atoms with Crippen LogP contribution >= 0.6 is 24.0 Å². The molecule has 0 atom stereocenters. The van der Waals surface area contributed by atoms with Crippen molar-refractivity contribution in [2.75, 3.05) is 52.6 Å². The molecule has 1 aromatic rings. The third-order valence-corrected chi connectivity index (χ3v) is 4.68. The van der Waals surface area contributed by atoms with Crippen molar-refractivity contribution in [2.45, 2.75) is 40.3 Å². The fourth-order valence-corrected chi connectivity index (χ4v) is 2.94. The van der Waals surface area contributed by atoms with E-state index in [9.17, 15) is 0 Å². The molecule has 1 aliphatic heterocycles. The number of nitrogens with zero attached hydrogens (tertiary/aromatic N) is 2. The van der Waals surface area contributed by atoms with E-state index >= 15 is 0 Å². The topological polar surface area (TPSA) is 58.1 Å². The zero-order valence-corrected chi connectivity index (χ0v) is 20.6. The summed E-state index contributed by atoms with van der Waals surface area (Å²) in [5, 5.41) is 6.63. The lowest BCUT2D eigenvalue weighted by Gasteiger charge is -2.26. The lowest BCUT2D eigenvalue weighted by atomic mass is 10.1. The number of ether oxygens (including phenoxy) is 2. The smallest absolute Gasteiger partial charge is 0.191 e. The van der Waals surface area contributed by atoms with E-state index in [2.05, 4.69) is 65.6 Å². The molecule has 0 saturated carbocycles. The minimum Gasteiger partial charge on any atom is -0.380 e. The molecule has 166 valence electrons. The highest BCUT2D eigenvalue weighted by atomic mass is 127. The Morgan fingerprint density at radius 2 is 1.79 bits per heavy atom. The average Bonchev–Trinajstić information content (AvgIpc) is 2.70. The van der Waals surface area contributed by atoms with Crippen LogP contribution < -0.4 is 10.6 Å². The summed E-state index contributed by atoms with van der Waals surface area (Å²) in [6.45, 7) is 15.0. The summed E-state index contributed by atoms with van der Waals surface area (Å²) in [4.78, 5) is 7.12. The number of halogens is 1. The van der Waals surface area contributed by atoms with Crippen LogP contribution in [0.25, 0.3) is 0 Å². The van der Waals surface area contributed by atoms with E-state index in [4.69, 9.17) is 9.47 Å². The Morgan fingerprint density at radius 1 is 1.10 bits per heavy atom. The van der Waals surface area contributed by atoms with Gasteiger partial charge in [-0.15, -0.1) is 24.0 Å². The number of hydrogen-bond acceptors (Lipinski definition) is 4. The molecule has 0 spiro atoms. The van der Waals surface area contributed by atoms with Gasteiger partial charge in [0.05, 0.1) is 26.4 Å². The molecule has 6 nitrogen and oxygen atoms in total. The van der Waals surface area contributed by atoms with E-state index in [0.29, 0.717) is 19.1 Å². The molecule has 1 saturated heterocycles. The number of morpholine rings is 1. The molecule has 1 aliphatic rings. The molecule has 2 rings (SSSR count). The fourth-order valence-electron chi connectivity index (χ4n) is 2.94. The molecule has 0 aliphatic carbocycles. The molecule has 2 N–H and O–H groups in total. The van der Waals surface area contributed by atoms with E-state index in [1.165, 1.54) is 11.1 Å². The second-order valence-electron chi connectivity index (χ2n) is 7.62. The van der Waals surface area contributed by atoms with Crippen LogP contribution in [0.4, 0.5) is 0 Å². The molecule has 0 unspecified atom stereocenters. The van der Waals surface area contributed by atoms with Gasteiger partial charge < -0.3 is 20.1 Å². The maximum atomic E-state index is 5.65. The van der Waals surface area contributed by atoms with Crippen molar-refractivity contribution < 1.29 is 9.47 Å². The Bertz CT molecular complexity index is 560. The molecular weight excluding hydrogens is 479 g/mol. The van der Waals surface area contributed by atoms with Gasteiger partial charge in [-0.1, -0.05) is 38.1 Å². The molecule has 0 aromatic heterocycles. The van der Waals surface area contributed by atoms with Crippen LogP contribution in [0, 0.1) is 5.92 Å². The third kappa shape index (κ3) is 11.8. The van der Waals surface area contributed by atoms with Crippen LogP contribution in [0.5, 0.6) is 0 Å². The normalized spacial score (nSPS) is 15.2. The zero-order valence-electron chi connectivity index (χ0n) is 18.3. The molecule has 0 amide bonds. The monoisotopic (exact) mass is 518 g/mol. The Balaban J connectivity index is 0.00000420. The Labute approximate surface area is 193 Å². The summed E-state index contributed by atoms with van der Waals surface area (Å²) in [7, 11) is 0. The van der Waals surface area contributed by atoms with Crippen molar-refractivity contribution in [2.24, 2.45) is 10.9 Å². The molecule has 1 fully saturated rings. The van der Waals surface area contributed by atoms with Crippen LogP contribution in [-0.2, 0) is 22.6 Å². The lowest BCUT2D eigenvalue weighted by molar-refractivity contribution is 0.0342. The van der Waals surface area contributed by atoms with Gasteiger partial charge in [-0.3, -0.25) is 4.90 Å². The number of aliphatic imine (C=N–C) groups is 1. The van der Waals surface area contributed by atoms with Gasteiger partial charge in [-0.25, -0.2) is 4.99 Å². The first-order valence-corrected chi connectivity index (χ1v) is 10.6. The molecule has 0 radical (unpaired) electrons. The van der Waals surface area contributed by atoms with Gasteiger partial charge in [0.1, 0.15) is 0 Å². The minimum absolute atomic E-state index is 0. The predicted molar refractivity (Wildman–Crippen MR) is 131 cm³/mol. The van der Waals surface area contributed by atoms with Crippen LogP contribution in [0.15, 0.2) is 29.3 Å². The Morgan fingerprint density at radius 3 is 2.45 bits per heavy atom. The number of hydrogen-bond donors (Lipinski definition) is 2. The van der Waals surface area contributed by atoms with Gasteiger partial charge in [0.25, 0.3) is 0 Å². The largest absolute Gasteiger partial charge is 0.380 e. The maximum absolute atomic E-state index is 5.65. The second kappa shape index (κ2) is 15.9. The second-order valence-corrected chi connectivity index (χ2v) is 7.62. The van der Waals surface area contributed by atoms with Gasteiger partial charge in [0.2, 0.25) is 0 Å². The number of benzene rings is 1. The molecular formula is C22H39IN4O2. The molecule has 1 aromatic carbocycles.